The van der Waals surface area contributed by atoms with Gasteiger partial charge < -0.3 is 5.32 Å². The molecule has 6 heteroatoms. The molecule has 2 heterocycles. The summed E-state index contributed by atoms with van der Waals surface area (Å²) in [6.45, 7) is 2.42. The van der Waals surface area contributed by atoms with Crippen molar-refractivity contribution < 1.29 is 4.79 Å². The Kier molecular flexibility index (Phi) is 4.46. The zero-order valence-corrected chi connectivity index (χ0v) is 11.9. The highest BCUT2D eigenvalue weighted by molar-refractivity contribution is 9.10. The molecule has 2 aromatic heterocycles. The Bertz CT molecular complexity index is 574. The van der Waals surface area contributed by atoms with Crippen LogP contribution in [0.2, 0.25) is 0 Å². The number of nitrogens with one attached hydrogen (secondary N) is 2. The van der Waals surface area contributed by atoms with Gasteiger partial charge in [-0.3, -0.25) is 10.3 Å². The first-order valence-corrected chi connectivity index (χ1v) is 6.61. The van der Waals surface area contributed by atoms with E-state index in [1.165, 1.54) is 0 Å². The van der Waals surface area contributed by atoms with E-state index in [4.69, 9.17) is 0 Å². The summed E-state index contributed by atoms with van der Waals surface area (Å²) < 4.78 is 0.849. The molecule has 0 fully saturated rings. The third-order valence-electron chi connectivity index (χ3n) is 2.41. The summed E-state index contributed by atoms with van der Waals surface area (Å²) in [4.78, 5) is 19.7. The van der Waals surface area contributed by atoms with E-state index in [9.17, 15) is 4.79 Å². The minimum atomic E-state index is -0.269. The highest BCUT2D eigenvalue weighted by atomic mass is 79.9. The van der Waals surface area contributed by atoms with Crippen LogP contribution in [0.25, 0.3) is 11.1 Å². The van der Waals surface area contributed by atoms with Crippen molar-refractivity contribution >= 4 is 27.8 Å². The molecule has 0 bridgehead atoms. The molecule has 0 saturated heterocycles. The maximum Gasteiger partial charge on any atom is 0.320 e. The molecule has 0 aliphatic heterocycles. The number of aromatic nitrogens is 2. The topological polar surface area (TPSA) is 66.9 Å². The monoisotopic (exact) mass is 320 g/mol. The van der Waals surface area contributed by atoms with Gasteiger partial charge in [-0.15, -0.1) is 0 Å². The second-order valence-electron chi connectivity index (χ2n) is 3.78. The number of hydrogen-bond acceptors (Lipinski definition) is 3. The SMILES string of the molecule is CCNC(=O)Nc1cc(-c2cccnc2)c(Br)cn1. The lowest BCUT2D eigenvalue weighted by molar-refractivity contribution is 0.252. The summed E-state index contributed by atoms with van der Waals surface area (Å²) in [5.41, 5.74) is 1.88. The van der Waals surface area contributed by atoms with E-state index < -0.39 is 0 Å². The molecule has 0 aliphatic rings. The lowest BCUT2D eigenvalue weighted by Crippen LogP contribution is -2.28. The fourth-order valence-corrected chi connectivity index (χ4v) is 2.02. The molecule has 0 radical (unpaired) electrons. The number of halogens is 1. The molecule has 0 saturated carbocycles. The lowest BCUT2D eigenvalue weighted by Gasteiger charge is -2.08. The highest BCUT2D eigenvalue weighted by Gasteiger charge is 2.07. The van der Waals surface area contributed by atoms with Gasteiger partial charge in [0.1, 0.15) is 5.82 Å². The number of carbonyl (C=O) groups excluding carboxylic acids is 1. The quantitative estimate of drug-likeness (QED) is 0.913. The molecule has 0 aromatic carbocycles. The summed E-state index contributed by atoms with van der Waals surface area (Å²) in [5, 5.41) is 5.33. The van der Waals surface area contributed by atoms with E-state index in [1.54, 1.807) is 24.7 Å². The van der Waals surface area contributed by atoms with E-state index in [0.29, 0.717) is 12.4 Å². The number of amides is 2. The van der Waals surface area contributed by atoms with Gasteiger partial charge in [0.25, 0.3) is 0 Å². The van der Waals surface area contributed by atoms with E-state index in [1.807, 2.05) is 19.1 Å². The van der Waals surface area contributed by atoms with Gasteiger partial charge in [-0.05, 0) is 35.0 Å². The minimum absolute atomic E-state index is 0.269. The average Bonchev–Trinajstić information content (AvgIpc) is 2.42. The van der Waals surface area contributed by atoms with Gasteiger partial charge >= 0.3 is 6.03 Å². The molecule has 19 heavy (non-hydrogen) atoms. The van der Waals surface area contributed by atoms with Crippen molar-refractivity contribution in [3.8, 4) is 11.1 Å². The van der Waals surface area contributed by atoms with Crippen LogP contribution in [0.15, 0.2) is 41.3 Å². The maximum atomic E-state index is 11.5. The van der Waals surface area contributed by atoms with Gasteiger partial charge in [-0.1, -0.05) is 6.07 Å². The van der Waals surface area contributed by atoms with E-state index in [-0.39, 0.29) is 6.03 Å². The van der Waals surface area contributed by atoms with Crippen LogP contribution in [0.5, 0.6) is 0 Å². The van der Waals surface area contributed by atoms with Gasteiger partial charge in [0.05, 0.1) is 0 Å². The van der Waals surface area contributed by atoms with E-state index in [0.717, 1.165) is 15.6 Å². The van der Waals surface area contributed by atoms with E-state index in [2.05, 4.69) is 36.5 Å². The zero-order chi connectivity index (χ0) is 13.7. The Hall–Kier alpha value is -1.95. The fraction of sp³-hybridized carbons (Fsp3) is 0.154. The zero-order valence-electron chi connectivity index (χ0n) is 10.4. The van der Waals surface area contributed by atoms with Crippen LogP contribution in [0.4, 0.5) is 10.6 Å². The third kappa shape index (κ3) is 3.51. The Balaban J connectivity index is 2.28. The van der Waals surface area contributed by atoms with Crippen LogP contribution in [-0.4, -0.2) is 22.5 Å². The summed E-state index contributed by atoms with van der Waals surface area (Å²) in [6, 6.07) is 5.34. The van der Waals surface area contributed by atoms with Crippen LogP contribution < -0.4 is 10.6 Å². The molecule has 2 amide bonds. The normalized spacial score (nSPS) is 10.0. The molecular weight excluding hydrogens is 308 g/mol. The standard InChI is InChI=1S/C13H13BrN4O/c1-2-16-13(19)18-12-6-10(11(14)8-17-12)9-4-3-5-15-7-9/h3-8H,2H2,1H3,(H2,16,17,18,19). The summed E-state index contributed by atoms with van der Waals surface area (Å²) in [6.07, 6.45) is 5.13. The Morgan fingerprint density at radius 2 is 2.26 bits per heavy atom. The smallest absolute Gasteiger partial charge is 0.320 e. The average molecular weight is 321 g/mol. The van der Waals surface area contributed by atoms with Crippen LogP contribution in [0.3, 0.4) is 0 Å². The molecule has 0 spiro atoms. The Morgan fingerprint density at radius 3 is 2.95 bits per heavy atom. The highest BCUT2D eigenvalue weighted by Crippen LogP contribution is 2.28. The van der Waals surface area contributed by atoms with Gasteiger partial charge in [-0.25, -0.2) is 9.78 Å². The molecule has 0 aliphatic carbocycles. The molecular formula is C13H13BrN4O. The van der Waals surface area contributed by atoms with Gasteiger partial charge in [0.15, 0.2) is 0 Å². The summed E-state index contributed by atoms with van der Waals surface area (Å²) in [7, 11) is 0. The van der Waals surface area contributed by atoms with Crippen molar-refractivity contribution in [2.45, 2.75) is 6.92 Å². The number of rotatable bonds is 3. The van der Waals surface area contributed by atoms with Gasteiger partial charge in [0.2, 0.25) is 0 Å². The lowest BCUT2D eigenvalue weighted by atomic mass is 10.1. The van der Waals surface area contributed by atoms with Crippen molar-refractivity contribution in [1.82, 2.24) is 15.3 Å². The van der Waals surface area contributed by atoms with Gasteiger partial charge in [0, 0.05) is 40.7 Å². The van der Waals surface area contributed by atoms with E-state index >= 15 is 0 Å². The van der Waals surface area contributed by atoms with Crippen molar-refractivity contribution in [2.75, 3.05) is 11.9 Å². The largest absolute Gasteiger partial charge is 0.338 e. The fourth-order valence-electron chi connectivity index (χ4n) is 1.57. The number of carbonyl (C=O) groups is 1. The molecule has 2 rings (SSSR count). The number of pyridine rings is 2. The second kappa shape index (κ2) is 6.29. The maximum absolute atomic E-state index is 11.5. The molecule has 0 atom stereocenters. The number of anilines is 1. The Labute approximate surface area is 119 Å². The number of hydrogen-bond donors (Lipinski definition) is 2. The van der Waals surface area contributed by atoms with Crippen LogP contribution >= 0.6 is 15.9 Å². The summed E-state index contributed by atoms with van der Waals surface area (Å²) >= 11 is 3.45. The summed E-state index contributed by atoms with van der Waals surface area (Å²) in [5.74, 6) is 0.494. The van der Waals surface area contributed by atoms with Crippen molar-refractivity contribution in [3.63, 3.8) is 0 Å². The minimum Gasteiger partial charge on any atom is -0.338 e. The van der Waals surface area contributed by atoms with Crippen molar-refractivity contribution in [3.05, 3.63) is 41.3 Å². The van der Waals surface area contributed by atoms with Crippen molar-refractivity contribution in [2.24, 2.45) is 0 Å². The molecule has 98 valence electrons. The number of urea groups is 1. The first-order chi connectivity index (χ1) is 9.20. The third-order valence-corrected chi connectivity index (χ3v) is 3.04. The Morgan fingerprint density at radius 1 is 1.42 bits per heavy atom. The van der Waals surface area contributed by atoms with Crippen LogP contribution in [0.1, 0.15) is 6.92 Å². The predicted octanol–water partition coefficient (Wildman–Crippen LogP) is 3.05. The van der Waals surface area contributed by atoms with Crippen LogP contribution in [-0.2, 0) is 0 Å². The molecule has 0 unspecified atom stereocenters. The van der Waals surface area contributed by atoms with Crippen molar-refractivity contribution in [1.29, 1.82) is 0 Å². The second-order valence-corrected chi connectivity index (χ2v) is 4.63. The first kappa shape index (κ1) is 13.5. The predicted molar refractivity (Wildman–Crippen MR) is 77.9 cm³/mol. The first-order valence-electron chi connectivity index (χ1n) is 5.81. The van der Waals surface area contributed by atoms with Gasteiger partial charge in [-0.2, -0.15) is 0 Å². The molecule has 5 nitrogen and oxygen atoms in total. The molecule has 2 N–H and O–H groups in total. The van der Waals surface area contributed by atoms with Crippen LogP contribution in [0, 0.1) is 0 Å². The molecule has 2 aromatic rings. The number of nitrogens with zero attached hydrogens (tertiary/aromatic N) is 2.